The van der Waals surface area contributed by atoms with E-state index in [9.17, 15) is 0 Å². The van der Waals surface area contributed by atoms with Crippen molar-refractivity contribution in [2.75, 3.05) is 13.2 Å². The number of rotatable bonds is 7. The summed E-state index contributed by atoms with van der Waals surface area (Å²) in [6.45, 7) is 9.00. The fraction of sp³-hybridized carbons (Fsp3) is 0.571. The lowest BCUT2D eigenvalue weighted by Gasteiger charge is -2.11. The number of hydrogen-bond acceptors (Lipinski definition) is 2. The third-order valence-corrected chi connectivity index (χ3v) is 2.82. The highest BCUT2D eigenvalue weighted by molar-refractivity contribution is 6.32. The van der Waals surface area contributed by atoms with E-state index >= 15 is 0 Å². The van der Waals surface area contributed by atoms with Gasteiger partial charge < -0.3 is 10.1 Å². The minimum absolute atomic E-state index is 0.654. The van der Waals surface area contributed by atoms with Gasteiger partial charge in [0.25, 0.3) is 0 Å². The molecule has 0 aliphatic rings. The van der Waals surface area contributed by atoms with Gasteiger partial charge in [-0.2, -0.15) is 0 Å². The molecule has 0 heterocycles. The number of ether oxygens (including phenoxy) is 1. The average molecular weight is 256 g/mol. The third kappa shape index (κ3) is 5.42. The van der Waals surface area contributed by atoms with Crippen LogP contribution in [0.15, 0.2) is 18.2 Å². The van der Waals surface area contributed by atoms with Gasteiger partial charge in [0.1, 0.15) is 5.75 Å². The van der Waals surface area contributed by atoms with Crippen molar-refractivity contribution in [2.24, 2.45) is 5.92 Å². The zero-order valence-corrected chi connectivity index (χ0v) is 11.7. The standard InChI is InChI=1S/C14H22ClNO/c1-4-16-10-12-5-6-14(13(15)9-12)17-8-7-11(2)3/h5-6,9,11,16H,4,7-8,10H2,1-3H3. The molecule has 0 spiro atoms. The van der Waals surface area contributed by atoms with Crippen LogP contribution in [0.4, 0.5) is 0 Å². The minimum Gasteiger partial charge on any atom is -0.492 e. The third-order valence-electron chi connectivity index (χ3n) is 2.53. The van der Waals surface area contributed by atoms with Crippen LogP contribution >= 0.6 is 11.6 Å². The average Bonchev–Trinajstić information content (AvgIpc) is 2.28. The van der Waals surface area contributed by atoms with Gasteiger partial charge in [-0.3, -0.25) is 0 Å². The van der Waals surface area contributed by atoms with Crippen molar-refractivity contribution in [3.8, 4) is 5.75 Å². The van der Waals surface area contributed by atoms with Crippen LogP contribution in [0.3, 0.4) is 0 Å². The summed E-state index contributed by atoms with van der Waals surface area (Å²) < 4.78 is 5.65. The van der Waals surface area contributed by atoms with Crippen molar-refractivity contribution >= 4 is 11.6 Å². The Morgan fingerprint density at radius 1 is 1.35 bits per heavy atom. The van der Waals surface area contributed by atoms with Gasteiger partial charge in [0, 0.05) is 6.54 Å². The van der Waals surface area contributed by atoms with Gasteiger partial charge in [0.15, 0.2) is 0 Å². The van der Waals surface area contributed by atoms with Crippen molar-refractivity contribution in [3.05, 3.63) is 28.8 Å². The molecule has 0 atom stereocenters. The van der Waals surface area contributed by atoms with Crippen LogP contribution < -0.4 is 10.1 Å². The number of benzene rings is 1. The maximum absolute atomic E-state index is 6.17. The molecule has 96 valence electrons. The fourth-order valence-corrected chi connectivity index (χ4v) is 1.70. The van der Waals surface area contributed by atoms with Crippen LogP contribution in [0.25, 0.3) is 0 Å². The predicted octanol–water partition coefficient (Wildman–Crippen LogP) is 3.87. The maximum atomic E-state index is 6.17. The van der Waals surface area contributed by atoms with Gasteiger partial charge in [-0.1, -0.05) is 38.4 Å². The Kier molecular flexibility index (Phi) is 6.38. The smallest absolute Gasteiger partial charge is 0.137 e. The molecule has 0 aliphatic carbocycles. The van der Waals surface area contributed by atoms with Gasteiger partial charge in [0.05, 0.1) is 11.6 Å². The first-order valence-electron chi connectivity index (χ1n) is 6.25. The second-order valence-electron chi connectivity index (χ2n) is 4.58. The van der Waals surface area contributed by atoms with Crippen molar-refractivity contribution in [1.82, 2.24) is 5.32 Å². The van der Waals surface area contributed by atoms with Crippen LogP contribution in [0.5, 0.6) is 5.75 Å². The maximum Gasteiger partial charge on any atom is 0.137 e. The molecule has 17 heavy (non-hydrogen) atoms. The number of halogens is 1. The lowest BCUT2D eigenvalue weighted by atomic mass is 10.1. The van der Waals surface area contributed by atoms with E-state index in [1.54, 1.807) is 0 Å². The van der Waals surface area contributed by atoms with Crippen molar-refractivity contribution in [2.45, 2.75) is 33.7 Å². The molecule has 0 unspecified atom stereocenters. The molecule has 0 saturated heterocycles. The Bertz CT molecular complexity index is 339. The topological polar surface area (TPSA) is 21.3 Å². The van der Waals surface area contributed by atoms with Gasteiger partial charge in [-0.15, -0.1) is 0 Å². The normalized spacial score (nSPS) is 10.9. The van der Waals surface area contributed by atoms with E-state index in [1.807, 2.05) is 12.1 Å². The predicted molar refractivity (Wildman–Crippen MR) is 73.8 cm³/mol. The molecule has 0 aromatic heterocycles. The largest absolute Gasteiger partial charge is 0.492 e. The molecule has 1 rings (SSSR count). The highest BCUT2D eigenvalue weighted by Gasteiger charge is 2.03. The van der Waals surface area contributed by atoms with Gasteiger partial charge in [-0.05, 0) is 36.6 Å². The molecule has 0 bridgehead atoms. The highest BCUT2D eigenvalue weighted by atomic mass is 35.5. The Morgan fingerprint density at radius 2 is 2.12 bits per heavy atom. The van der Waals surface area contributed by atoms with Gasteiger partial charge >= 0.3 is 0 Å². The molecule has 3 heteroatoms. The lowest BCUT2D eigenvalue weighted by molar-refractivity contribution is 0.289. The summed E-state index contributed by atoms with van der Waals surface area (Å²) in [6, 6.07) is 5.98. The van der Waals surface area contributed by atoms with Crippen molar-refractivity contribution < 1.29 is 4.74 Å². The first-order chi connectivity index (χ1) is 8.13. The second kappa shape index (κ2) is 7.57. The Hall–Kier alpha value is -0.730. The summed E-state index contributed by atoms with van der Waals surface area (Å²) in [5.41, 5.74) is 1.19. The lowest BCUT2D eigenvalue weighted by Crippen LogP contribution is -2.11. The quantitative estimate of drug-likeness (QED) is 0.799. The molecule has 0 fully saturated rings. The highest BCUT2D eigenvalue weighted by Crippen LogP contribution is 2.25. The summed E-state index contributed by atoms with van der Waals surface area (Å²) in [5, 5.41) is 3.97. The first-order valence-corrected chi connectivity index (χ1v) is 6.63. The minimum atomic E-state index is 0.654. The van der Waals surface area contributed by atoms with E-state index in [0.717, 1.165) is 31.9 Å². The number of nitrogens with one attached hydrogen (secondary N) is 1. The Morgan fingerprint density at radius 3 is 2.71 bits per heavy atom. The molecule has 1 aromatic carbocycles. The molecule has 0 radical (unpaired) electrons. The van der Waals surface area contributed by atoms with Crippen molar-refractivity contribution in [1.29, 1.82) is 0 Å². The molecule has 0 saturated carbocycles. The van der Waals surface area contributed by atoms with Gasteiger partial charge in [-0.25, -0.2) is 0 Å². The molecule has 1 aromatic rings. The zero-order chi connectivity index (χ0) is 12.7. The summed E-state index contributed by atoms with van der Waals surface area (Å²) in [7, 11) is 0. The second-order valence-corrected chi connectivity index (χ2v) is 4.98. The van der Waals surface area contributed by atoms with Crippen LogP contribution in [0.2, 0.25) is 5.02 Å². The van der Waals surface area contributed by atoms with Crippen LogP contribution in [0, 0.1) is 5.92 Å². The fourth-order valence-electron chi connectivity index (χ4n) is 1.45. The zero-order valence-electron chi connectivity index (χ0n) is 10.9. The monoisotopic (exact) mass is 255 g/mol. The Labute approximate surface area is 109 Å². The van der Waals surface area contributed by atoms with Crippen LogP contribution in [-0.4, -0.2) is 13.2 Å². The summed E-state index contributed by atoms with van der Waals surface area (Å²) >= 11 is 6.17. The van der Waals surface area contributed by atoms with E-state index in [1.165, 1.54) is 5.56 Å². The van der Waals surface area contributed by atoms with Gasteiger partial charge in [0.2, 0.25) is 0 Å². The van der Waals surface area contributed by atoms with E-state index in [0.29, 0.717) is 10.9 Å². The number of hydrogen-bond donors (Lipinski definition) is 1. The van der Waals surface area contributed by atoms with E-state index in [4.69, 9.17) is 16.3 Å². The first kappa shape index (κ1) is 14.3. The molecule has 0 aliphatic heterocycles. The molecule has 0 amide bonds. The van der Waals surface area contributed by atoms with Crippen molar-refractivity contribution in [3.63, 3.8) is 0 Å². The summed E-state index contributed by atoms with van der Waals surface area (Å²) in [6.07, 6.45) is 1.05. The molecule has 2 nitrogen and oxygen atoms in total. The molecule has 1 N–H and O–H groups in total. The van der Waals surface area contributed by atoms with Crippen LogP contribution in [0.1, 0.15) is 32.8 Å². The Balaban J connectivity index is 2.50. The molecular weight excluding hydrogens is 234 g/mol. The van der Waals surface area contributed by atoms with E-state index in [-0.39, 0.29) is 0 Å². The van der Waals surface area contributed by atoms with E-state index < -0.39 is 0 Å². The molecular formula is C14H22ClNO. The summed E-state index contributed by atoms with van der Waals surface area (Å²) in [4.78, 5) is 0. The SMILES string of the molecule is CCNCc1ccc(OCCC(C)C)c(Cl)c1. The van der Waals surface area contributed by atoms with E-state index in [2.05, 4.69) is 32.2 Å². The summed E-state index contributed by atoms with van der Waals surface area (Å²) in [5.74, 6) is 1.44. The van der Waals surface area contributed by atoms with Crippen LogP contribution in [-0.2, 0) is 6.54 Å².